The second-order valence-electron chi connectivity index (χ2n) is 9.11. The normalized spacial score (nSPS) is 12.5. The molecule has 10 heteroatoms. The van der Waals surface area contributed by atoms with Crippen molar-refractivity contribution in [2.75, 3.05) is 31.5 Å². The summed E-state index contributed by atoms with van der Waals surface area (Å²) in [4.78, 5) is 44.9. The molecular formula is C28H37N7O3. The number of pyridine rings is 1. The van der Waals surface area contributed by atoms with Gasteiger partial charge in [-0.2, -0.15) is 0 Å². The van der Waals surface area contributed by atoms with Crippen LogP contribution < -0.4 is 27.8 Å². The van der Waals surface area contributed by atoms with Crippen molar-refractivity contribution in [3.05, 3.63) is 72.4 Å². The highest BCUT2D eigenvalue weighted by atomic mass is 16.2. The second kappa shape index (κ2) is 14.8. The van der Waals surface area contributed by atoms with Crippen LogP contribution in [0.4, 0.5) is 5.69 Å². The van der Waals surface area contributed by atoms with Crippen LogP contribution >= 0.6 is 0 Å². The molecule has 0 saturated carbocycles. The number of nitrogens with two attached hydrogens (primary N) is 3. The molecule has 0 aliphatic rings. The van der Waals surface area contributed by atoms with E-state index in [-0.39, 0.29) is 12.3 Å². The number of aromatic nitrogens is 1. The van der Waals surface area contributed by atoms with E-state index in [4.69, 9.17) is 17.2 Å². The number of para-hydroxylation sites is 1. The number of carbonyl (C=O) groups is 3. The van der Waals surface area contributed by atoms with E-state index in [0.717, 1.165) is 16.5 Å². The lowest BCUT2D eigenvalue weighted by atomic mass is 10.0. The molecule has 202 valence electrons. The lowest BCUT2D eigenvalue weighted by molar-refractivity contribution is -0.134. The second-order valence-corrected chi connectivity index (χ2v) is 9.11. The summed E-state index contributed by atoms with van der Waals surface area (Å²) in [6.07, 6.45) is 2.91. The van der Waals surface area contributed by atoms with E-state index in [9.17, 15) is 14.4 Å². The zero-order valence-corrected chi connectivity index (χ0v) is 21.5. The Labute approximate surface area is 222 Å². The molecule has 3 aromatic rings. The molecule has 0 spiro atoms. The zero-order valence-electron chi connectivity index (χ0n) is 21.5. The summed E-state index contributed by atoms with van der Waals surface area (Å²) in [6, 6.07) is 17.1. The van der Waals surface area contributed by atoms with Gasteiger partial charge in [-0.05, 0) is 43.5 Å². The molecule has 1 heterocycles. The fourth-order valence-corrected chi connectivity index (χ4v) is 4.08. The smallest absolute Gasteiger partial charge is 0.247 e. The first-order valence-corrected chi connectivity index (χ1v) is 12.8. The van der Waals surface area contributed by atoms with Crippen molar-refractivity contribution in [2.24, 2.45) is 17.2 Å². The van der Waals surface area contributed by atoms with E-state index >= 15 is 0 Å². The predicted molar refractivity (Wildman–Crippen MR) is 149 cm³/mol. The minimum atomic E-state index is -1.12. The largest absolute Gasteiger partial charge is 0.343 e. The summed E-state index contributed by atoms with van der Waals surface area (Å²) in [6.45, 7) is 1.53. The molecule has 38 heavy (non-hydrogen) atoms. The van der Waals surface area contributed by atoms with Crippen LogP contribution in [-0.4, -0.2) is 65.9 Å². The summed E-state index contributed by atoms with van der Waals surface area (Å²) >= 11 is 0. The minimum absolute atomic E-state index is 0.196. The molecule has 1 aromatic heterocycles. The van der Waals surface area contributed by atoms with Crippen molar-refractivity contribution >= 4 is 34.3 Å². The Morgan fingerprint density at radius 1 is 0.921 bits per heavy atom. The minimum Gasteiger partial charge on any atom is -0.343 e. The Hall–Kier alpha value is -3.86. The summed E-state index contributed by atoms with van der Waals surface area (Å²) < 4.78 is 0. The third-order valence-corrected chi connectivity index (χ3v) is 6.17. The van der Waals surface area contributed by atoms with Gasteiger partial charge in [0.05, 0.1) is 29.9 Å². The molecule has 0 unspecified atom stereocenters. The lowest BCUT2D eigenvalue weighted by Crippen LogP contribution is -2.51. The van der Waals surface area contributed by atoms with E-state index in [1.807, 2.05) is 60.7 Å². The molecule has 0 saturated heterocycles. The maximum atomic E-state index is 13.3. The van der Waals surface area contributed by atoms with E-state index < -0.39 is 23.9 Å². The molecule has 3 rings (SSSR count). The number of carbonyl (C=O) groups excluding carboxylic acids is 3. The summed E-state index contributed by atoms with van der Waals surface area (Å²) in [5.74, 6) is -1.24. The molecule has 0 fully saturated rings. The Morgan fingerprint density at radius 3 is 2.39 bits per heavy atom. The van der Waals surface area contributed by atoms with Crippen molar-refractivity contribution in [1.82, 2.24) is 15.2 Å². The standard InChI is InChI=1S/C28H37N7O3/c29-13-6-15-35(16-14-30)26(36)18-23(31)27(37)34-25(12-11-20-7-2-1-3-8-20)28(38)33-22-17-21-9-4-5-10-24(21)32-19-22/h1-5,7-10,17,19,23,25H,6,11-16,18,29-31H2,(H,33,38)(H,34,37)/t23-,25-/m0/s1. The average Bonchev–Trinajstić information content (AvgIpc) is 2.93. The number of amides is 3. The Balaban J connectivity index is 1.68. The van der Waals surface area contributed by atoms with Gasteiger partial charge in [0.2, 0.25) is 17.7 Å². The first kappa shape index (κ1) is 28.7. The van der Waals surface area contributed by atoms with Crippen LogP contribution in [0.2, 0.25) is 0 Å². The van der Waals surface area contributed by atoms with Gasteiger partial charge < -0.3 is 32.7 Å². The number of benzene rings is 2. The number of hydrogen-bond donors (Lipinski definition) is 5. The molecule has 0 bridgehead atoms. The van der Waals surface area contributed by atoms with Crippen LogP contribution in [0.1, 0.15) is 24.8 Å². The molecule has 0 radical (unpaired) electrons. The Morgan fingerprint density at radius 2 is 1.66 bits per heavy atom. The van der Waals surface area contributed by atoms with Crippen molar-refractivity contribution in [2.45, 2.75) is 37.8 Å². The molecule has 2 aromatic carbocycles. The fraction of sp³-hybridized carbons (Fsp3) is 0.357. The van der Waals surface area contributed by atoms with Crippen LogP contribution in [0.3, 0.4) is 0 Å². The van der Waals surface area contributed by atoms with Gasteiger partial charge in [0.1, 0.15) is 6.04 Å². The van der Waals surface area contributed by atoms with Gasteiger partial charge in [-0.25, -0.2) is 0 Å². The van der Waals surface area contributed by atoms with Gasteiger partial charge in [0.15, 0.2) is 0 Å². The lowest BCUT2D eigenvalue weighted by Gasteiger charge is -2.24. The van der Waals surface area contributed by atoms with E-state index in [2.05, 4.69) is 15.6 Å². The number of nitrogens with zero attached hydrogens (tertiary/aromatic N) is 2. The first-order valence-electron chi connectivity index (χ1n) is 12.8. The van der Waals surface area contributed by atoms with Crippen LogP contribution in [0.15, 0.2) is 66.9 Å². The average molecular weight is 520 g/mol. The molecular weight excluding hydrogens is 482 g/mol. The number of fused-ring (bicyclic) bond motifs is 1. The molecule has 2 atom stereocenters. The number of nitrogens with one attached hydrogen (secondary N) is 2. The van der Waals surface area contributed by atoms with E-state index in [1.54, 1.807) is 11.1 Å². The zero-order chi connectivity index (χ0) is 27.3. The summed E-state index contributed by atoms with van der Waals surface area (Å²) in [5, 5.41) is 6.49. The van der Waals surface area contributed by atoms with Crippen LogP contribution in [0, 0.1) is 0 Å². The maximum absolute atomic E-state index is 13.3. The number of aryl methyl sites for hydroxylation is 1. The Bertz CT molecular complexity index is 1210. The summed E-state index contributed by atoms with van der Waals surface area (Å²) in [7, 11) is 0. The monoisotopic (exact) mass is 519 g/mol. The molecule has 3 amide bonds. The van der Waals surface area contributed by atoms with Crippen molar-refractivity contribution < 1.29 is 14.4 Å². The SMILES string of the molecule is NCCCN(CCN)C(=O)C[C@H](N)C(=O)N[C@@H](CCc1ccccc1)C(=O)Nc1cnc2ccccc2c1. The van der Waals surface area contributed by atoms with E-state index in [1.165, 1.54) is 0 Å². The maximum Gasteiger partial charge on any atom is 0.247 e. The first-order chi connectivity index (χ1) is 18.4. The predicted octanol–water partition coefficient (Wildman–Crippen LogP) is 1.14. The molecule has 10 nitrogen and oxygen atoms in total. The van der Waals surface area contributed by atoms with Crippen molar-refractivity contribution in [3.63, 3.8) is 0 Å². The van der Waals surface area contributed by atoms with Gasteiger partial charge in [0, 0.05) is 25.0 Å². The fourth-order valence-electron chi connectivity index (χ4n) is 4.08. The van der Waals surface area contributed by atoms with E-state index in [0.29, 0.717) is 51.1 Å². The number of anilines is 1. The quantitative estimate of drug-likeness (QED) is 0.213. The van der Waals surface area contributed by atoms with Gasteiger partial charge in [-0.15, -0.1) is 0 Å². The number of hydrogen-bond acceptors (Lipinski definition) is 7. The summed E-state index contributed by atoms with van der Waals surface area (Å²) in [5.41, 5.74) is 19.6. The van der Waals surface area contributed by atoms with Crippen LogP contribution in [0.25, 0.3) is 10.9 Å². The van der Waals surface area contributed by atoms with Crippen LogP contribution in [-0.2, 0) is 20.8 Å². The molecule has 0 aliphatic heterocycles. The topological polar surface area (TPSA) is 169 Å². The third-order valence-electron chi connectivity index (χ3n) is 6.17. The highest BCUT2D eigenvalue weighted by molar-refractivity contribution is 5.99. The highest BCUT2D eigenvalue weighted by Crippen LogP contribution is 2.17. The number of rotatable bonds is 14. The van der Waals surface area contributed by atoms with Gasteiger partial charge in [-0.3, -0.25) is 19.4 Å². The molecule has 0 aliphatic carbocycles. The highest BCUT2D eigenvalue weighted by Gasteiger charge is 2.26. The van der Waals surface area contributed by atoms with Crippen LogP contribution in [0.5, 0.6) is 0 Å². The van der Waals surface area contributed by atoms with Gasteiger partial charge in [0.25, 0.3) is 0 Å². The third kappa shape index (κ3) is 8.62. The van der Waals surface area contributed by atoms with Gasteiger partial charge in [-0.1, -0.05) is 48.5 Å². The van der Waals surface area contributed by atoms with Crippen molar-refractivity contribution in [3.8, 4) is 0 Å². The van der Waals surface area contributed by atoms with Crippen molar-refractivity contribution in [1.29, 1.82) is 0 Å². The molecule has 8 N–H and O–H groups in total. The Kier molecular flexibility index (Phi) is 11.2. The van der Waals surface area contributed by atoms with Gasteiger partial charge >= 0.3 is 0 Å².